The Kier molecular flexibility index (Phi) is 6.76. The molecule has 1 aromatic heterocycles. The van der Waals surface area contributed by atoms with Crippen LogP contribution in [0.3, 0.4) is 0 Å². The minimum atomic E-state index is -1.21. The van der Waals surface area contributed by atoms with Crippen molar-refractivity contribution < 1.29 is 29.3 Å². The number of aryl methyl sites for hydroxylation is 1. The van der Waals surface area contributed by atoms with Crippen LogP contribution >= 0.6 is 0 Å². The maximum absolute atomic E-state index is 12.9. The van der Waals surface area contributed by atoms with Gasteiger partial charge in [-0.2, -0.15) is 0 Å². The molecule has 0 radical (unpaired) electrons. The number of rotatable bonds is 6. The van der Waals surface area contributed by atoms with Crippen LogP contribution in [0.2, 0.25) is 0 Å². The molecule has 40 heavy (non-hydrogen) atoms. The van der Waals surface area contributed by atoms with Gasteiger partial charge in [-0.1, -0.05) is 55.5 Å². The number of piperidine rings is 1. The van der Waals surface area contributed by atoms with Gasteiger partial charge in [0.25, 0.3) is 0 Å². The van der Waals surface area contributed by atoms with Crippen molar-refractivity contribution in [2.45, 2.75) is 38.2 Å². The van der Waals surface area contributed by atoms with Gasteiger partial charge in [0.2, 0.25) is 0 Å². The Balaban J connectivity index is 1.08. The van der Waals surface area contributed by atoms with Gasteiger partial charge in [0, 0.05) is 37.2 Å². The van der Waals surface area contributed by atoms with E-state index in [2.05, 4.69) is 29.2 Å². The summed E-state index contributed by atoms with van der Waals surface area (Å²) < 4.78 is 12.0. The number of aromatic hydroxyl groups is 1. The Bertz CT molecular complexity index is 1560. The van der Waals surface area contributed by atoms with E-state index in [0.717, 1.165) is 0 Å². The van der Waals surface area contributed by atoms with Crippen LogP contribution in [0.1, 0.15) is 52.9 Å². The quantitative estimate of drug-likeness (QED) is 0.310. The molecule has 1 amide bonds. The van der Waals surface area contributed by atoms with Crippen molar-refractivity contribution in [3.05, 3.63) is 89.1 Å². The number of likely N-dealkylation sites (tertiary alicyclic amines) is 1. The molecule has 2 aliphatic rings. The fourth-order valence-corrected chi connectivity index (χ4v) is 5.86. The van der Waals surface area contributed by atoms with Crippen molar-refractivity contribution >= 4 is 23.0 Å². The topological polar surface area (TPSA) is 109 Å². The molecular weight excluding hydrogens is 508 g/mol. The van der Waals surface area contributed by atoms with Crippen LogP contribution in [0.25, 0.3) is 22.0 Å². The van der Waals surface area contributed by atoms with Gasteiger partial charge < -0.3 is 24.6 Å². The lowest BCUT2D eigenvalue weighted by molar-refractivity contribution is 0.0659. The van der Waals surface area contributed by atoms with Gasteiger partial charge in [0.05, 0.1) is 11.2 Å². The number of pyridine rings is 1. The van der Waals surface area contributed by atoms with Gasteiger partial charge in [-0.15, -0.1) is 0 Å². The third-order valence-corrected chi connectivity index (χ3v) is 7.89. The van der Waals surface area contributed by atoms with Crippen molar-refractivity contribution in [3.63, 3.8) is 0 Å². The highest BCUT2D eigenvalue weighted by molar-refractivity contribution is 6.00. The van der Waals surface area contributed by atoms with E-state index in [0.29, 0.717) is 54.7 Å². The summed E-state index contributed by atoms with van der Waals surface area (Å²) in [6, 6.07) is 21.6. The first kappa shape index (κ1) is 25.7. The summed E-state index contributed by atoms with van der Waals surface area (Å²) in [7, 11) is 0. The highest BCUT2D eigenvalue weighted by atomic mass is 16.6. The van der Waals surface area contributed by atoms with E-state index in [1.807, 2.05) is 24.3 Å². The van der Waals surface area contributed by atoms with Crippen molar-refractivity contribution in [1.29, 1.82) is 0 Å². The van der Waals surface area contributed by atoms with Crippen LogP contribution in [0.15, 0.2) is 66.7 Å². The van der Waals surface area contributed by atoms with Crippen molar-refractivity contribution in [1.82, 2.24) is 9.88 Å². The van der Waals surface area contributed by atoms with Crippen molar-refractivity contribution in [3.8, 4) is 22.6 Å². The van der Waals surface area contributed by atoms with E-state index in [1.165, 1.54) is 22.3 Å². The first-order valence-corrected chi connectivity index (χ1v) is 13.6. The minimum Gasteiger partial charge on any atom is -0.506 e. The summed E-state index contributed by atoms with van der Waals surface area (Å²) in [5.41, 5.74) is 5.43. The molecular formula is C32H30N2O6. The second-order valence-electron chi connectivity index (χ2n) is 10.2. The minimum absolute atomic E-state index is 0.0195. The van der Waals surface area contributed by atoms with E-state index >= 15 is 0 Å². The predicted molar refractivity (Wildman–Crippen MR) is 150 cm³/mol. The van der Waals surface area contributed by atoms with Gasteiger partial charge in [-0.25, -0.2) is 9.59 Å². The predicted octanol–water partition coefficient (Wildman–Crippen LogP) is 5.99. The summed E-state index contributed by atoms with van der Waals surface area (Å²) in [6.07, 6.45) is 1.20. The third-order valence-electron chi connectivity index (χ3n) is 7.89. The molecule has 3 aromatic carbocycles. The number of ether oxygens (including phenoxy) is 2. The first-order chi connectivity index (χ1) is 19.4. The molecule has 0 spiro atoms. The van der Waals surface area contributed by atoms with Gasteiger partial charge in [0.15, 0.2) is 0 Å². The van der Waals surface area contributed by atoms with Crippen LogP contribution in [0.4, 0.5) is 4.79 Å². The molecule has 1 aliphatic carbocycles. The van der Waals surface area contributed by atoms with E-state index in [9.17, 15) is 19.8 Å². The molecule has 2 heterocycles. The van der Waals surface area contributed by atoms with Crippen LogP contribution in [0, 0.1) is 0 Å². The average Bonchev–Trinajstić information content (AvgIpc) is 3.29. The molecule has 0 saturated carbocycles. The SMILES string of the molecule is CCc1nc2ccc(OC3CCN(C(=O)OCC4c5ccccc5-c5ccccc54)CC3)cc2c(O)c1C(=O)O. The maximum atomic E-state index is 12.9. The zero-order valence-electron chi connectivity index (χ0n) is 22.2. The van der Waals surface area contributed by atoms with Crippen molar-refractivity contribution in [2.75, 3.05) is 19.7 Å². The van der Waals surface area contributed by atoms with E-state index < -0.39 is 5.97 Å². The molecule has 1 aliphatic heterocycles. The summed E-state index contributed by atoms with van der Waals surface area (Å²) in [6.45, 7) is 3.10. The molecule has 8 heteroatoms. The molecule has 0 atom stereocenters. The second-order valence-corrected chi connectivity index (χ2v) is 10.2. The smallest absolute Gasteiger partial charge is 0.409 e. The van der Waals surface area contributed by atoms with Crippen molar-refractivity contribution in [2.24, 2.45) is 0 Å². The Hall–Kier alpha value is -4.59. The number of hydrogen-bond donors (Lipinski definition) is 2. The highest BCUT2D eigenvalue weighted by Gasteiger charge is 2.31. The highest BCUT2D eigenvalue weighted by Crippen LogP contribution is 2.44. The number of nitrogens with zero attached hydrogens (tertiary/aromatic N) is 2. The number of fused-ring (bicyclic) bond motifs is 4. The number of aromatic nitrogens is 1. The number of amides is 1. The van der Waals surface area contributed by atoms with Gasteiger partial charge >= 0.3 is 12.1 Å². The van der Waals surface area contributed by atoms with E-state index in [-0.39, 0.29) is 36.0 Å². The number of hydrogen-bond acceptors (Lipinski definition) is 6. The average molecular weight is 539 g/mol. The summed E-state index contributed by atoms with van der Waals surface area (Å²) in [5.74, 6) is -0.976. The fourth-order valence-electron chi connectivity index (χ4n) is 5.86. The molecule has 4 aromatic rings. The molecule has 0 bridgehead atoms. The van der Waals surface area contributed by atoms with Gasteiger partial charge in [-0.05, 0) is 46.9 Å². The number of benzene rings is 3. The zero-order valence-corrected chi connectivity index (χ0v) is 22.2. The molecule has 0 unspecified atom stereocenters. The standard InChI is InChI=1S/C32H30N2O6/c1-2-27-29(31(36)37)30(35)25-17-20(11-12-28(25)33-27)40-19-13-15-34(16-14-19)32(38)39-18-26-23-9-5-3-7-21(23)22-8-4-6-10-24(22)26/h3-12,17,19,26H,2,13-16,18H2,1H3,(H,33,35)(H,36,37). The molecule has 1 fully saturated rings. The molecule has 6 rings (SSSR count). The largest absolute Gasteiger partial charge is 0.506 e. The van der Waals surface area contributed by atoms with E-state index in [4.69, 9.17) is 9.47 Å². The zero-order chi connectivity index (χ0) is 27.8. The second kappa shape index (κ2) is 10.5. The Morgan fingerprint density at radius 1 is 0.975 bits per heavy atom. The Morgan fingerprint density at radius 3 is 2.25 bits per heavy atom. The van der Waals surface area contributed by atoms with Crippen LogP contribution < -0.4 is 4.74 Å². The van der Waals surface area contributed by atoms with Crippen LogP contribution in [-0.4, -0.2) is 58.0 Å². The maximum Gasteiger partial charge on any atom is 0.409 e. The van der Waals surface area contributed by atoms with Crippen LogP contribution in [-0.2, 0) is 11.2 Å². The Labute approximate surface area is 231 Å². The summed E-state index contributed by atoms with van der Waals surface area (Å²) >= 11 is 0. The van der Waals surface area contributed by atoms with Gasteiger partial charge in [-0.3, -0.25) is 4.98 Å². The normalized spacial score (nSPS) is 15.1. The number of carbonyl (C=O) groups excluding carboxylic acids is 1. The monoisotopic (exact) mass is 538 g/mol. The third kappa shape index (κ3) is 4.59. The summed E-state index contributed by atoms with van der Waals surface area (Å²) in [4.78, 5) is 30.8. The lowest BCUT2D eigenvalue weighted by Gasteiger charge is -2.32. The molecule has 204 valence electrons. The molecule has 2 N–H and O–H groups in total. The lowest BCUT2D eigenvalue weighted by Crippen LogP contribution is -2.42. The number of carboxylic acid groups (broad SMARTS) is 1. The first-order valence-electron chi connectivity index (χ1n) is 13.6. The summed E-state index contributed by atoms with van der Waals surface area (Å²) in [5, 5.41) is 20.5. The van der Waals surface area contributed by atoms with Gasteiger partial charge in [0.1, 0.15) is 29.8 Å². The molecule has 1 saturated heterocycles. The number of aromatic carboxylic acids is 1. The Morgan fingerprint density at radius 2 is 1.62 bits per heavy atom. The van der Waals surface area contributed by atoms with Crippen LogP contribution in [0.5, 0.6) is 11.5 Å². The number of carbonyl (C=O) groups is 2. The lowest BCUT2D eigenvalue weighted by atomic mass is 9.98. The molecule has 8 nitrogen and oxygen atoms in total. The number of carboxylic acids is 1. The van der Waals surface area contributed by atoms with E-state index in [1.54, 1.807) is 30.0 Å². The fraction of sp³-hybridized carbons (Fsp3) is 0.281.